The van der Waals surface area contributed by atoms with Crippen molar-refractivity contribution in [2.24, 2.45) is 17.6 Å². The van der Waals surface area contributed by atoms with Crippen LogP contribution in [-0.2, 0) is 9.59 Å². The molecular formula is C28H30N2O8. The molecule has 1 aromatic rings. The van der Waals surface area contributed by atoms with Crippen LogP contribution >= 0.6 is 0 Å². The van der Waals surface area contributed by atoms with Crippen molar-refractivity contribution in [1.29, 1.82) is 0 Å². The number of aromatic hydroxyl groups is 1. The number of hydrogen-bond acceptors (Lipinski definition) is 9. The number of phenols is 1. The average molecular weight is 523 g/mol. The van der Waals surface area contributed by atoms with Gasteiger partial charge in [-0.3, -0.25) is 19.3 Å². The van der Waals surface area contributed by atoms with E-state index in [1.165, 1.54) is 31.1 Å². The van der Waals surface area contributed by atoms with Gasteiger partial charge in [0, 0.05) is 5.92 Å². The smallest absolute Gasteiger partial charge is 0.255 e. The molecular weight excluding hydrogens is 492 g/mol. The summed E-state index contributed by atoms with van der Waals surface area (Å²) in [5.74, 6) is -8.77. The number of rotatable bonds is 4. The SMILES string of the molecule is C\C=C/C(/C=C1\c2cccc(O)c2C(=O)C2=C(O)[C@]3(O)C(=O)C(C(N)=O)=C(O)[C@@H](N(C)C)C3[C@@H](O)C21)=C\C. The van der Waals surface area contributed by atoms with Gasteiger partial charge in [0.2, 0.25) is 5.78 Å². The number of hydrogen-bond donors (Lipinski definition) is 6. The number of carbonyl (C=O) groups excluding carboxylic acids is 3. The van der Waals surface area contributed by atoms with Crippen molar-refractivity contribution in [1.82, 2.24) is 4.90 Å². The van der Waals surface area contributed by atoms with Gasteiger partial charge in [-0.15, -0.1) is 0 Å². The van der Waals surface area contributed by atoms with E-state index in [1.54, 1.807) is 44.2 Å². The number of likely N-dealkylation sites (N-methyl/N-ethyl adjacent to an activating group) is 1. The van der Waals surface area contributed by atoms with Crippen molar-refractivity contribution in [2.45, 2.75) is 31.6 Å². The first kappa shape index (κ1) is 27.1. The molecule has 3 aliphatic rings. The number of aliphatic hydroxyl groups excluding tert-OH is 3. The molecule has 0 radical (unpaired) electrons. The molecule has 0 heterocycles. The van der Waals surface area contributed by atoms with E-state index in [-0.39, 0.29) is 5.56 Å². The van der Waals surface area contributed by atoms with Gasteiger partial charge in [-0.25, -0.2) is 0 Å². The van der Waals surface area contributed by atoms with E-state index in [4.69, 9.17) is 5.73 Å². The molecule has 10 nitrogen and oxygen atoms in total. The third-order valence-corrected chi connectivity index (χ3v) is 7.55. The first-order valence-electron chi connectivity index (χ1n) is 12.0. The quantitative estimate of drug-likeness (QED) is 0.252. The van der Waals surface area contributed by atoms with Crippen molar-refractivity contribution in [3.05, 3.63) is 81.9 Å². The predicted octanol–water partition coefficient (Wildman–Crippen LogP) is 1.45. The maximum Gasteiger partial charge on any atom is 0.255 e. The summed E-state index contributed by atoms with van der Waals surface area (Å²) >= 11 is 0. The lowest BCUT2D eigenvalue weighted by molar-refractivity contribution is -0.159. The van der Waals surface area contributed by atoms with Crippen LogP contribution in [0.3, 0.4) is 0 Å². The summed E-state index contributed by atoms with van der Waals surface area (Å²) in [6, 6.07) is 3.06. The Morgan fingerprint density at radius 1 is 1.13 bits per heavy atom. The Morgan fingerprint density at radius 3 is 2.34 bits per heavy atom. The summed E-state index contributed by atoms with van der Waals surface area (Å²) in [6.45, 7) is 3.59. The topological polar surface area (TPSA) is 182 Å². The van der Waals surface area contributed by atoms with Gasteiger partial charge in [-0.1, -0.05) is 36.4 Å². The van der Waals surface area contributed by atoms with Gasteiger partial charge in [-0.2, -0.15) is 0 Å². The second-order valence-corrected chi connectivity index (χ2v) is 9.80. The average Bonchev–Trinajstić information content (AvgIpc) is 2.84. The second-order valence-electron chi connectivity index (χ2n) is 9.80. The number of nitrogens with zero attached hydrogens (tertiary/aromatic N) is 1. The van der Waals surface area contributed by atoms with Crippen molar-refractivity contribution in [2.75, 3.05) is 14.1 Å². The summed E-state index contributed by atoms with van der Waals surface area (Å²) in [5, 5.41) is 56.6. The van der Waals surface area contributed by atoms with Crippen LogP contribution in [0.4, 0.5) is 0 Å². The first-order valence-corrected chi connectivity index (χ1v) is 12.0. The number of primary amides is 1. The molecule has 0 aliphatic heterocycles. The molecule has 0 bridgehead atoms. The number of fused-ring (bicyclic) bond motifs is 3. The molecule has 0 saturated heterocycles. The maximum atomic E-state index is 13.7. The fourth-order valence-corrected chi connectivity index (χ4v) is 5.92. The molecule has 4 rings (SSSR count). The minimum Gasteiger partial charge on any atom is -0.510 e. The number of carbonyl (C=O) groups is 3. The van der Waals surface area contributed by atoms with Crippen LogP contribution in [0.1, 0.15) is 29.8 Å². The summed E-state index contributed by atoms with van der Waals surface area (Å²) < 4.78 is 0. The molecule has 0 spiro atoms. The highest BCUT2D eigenvalue weighted by atomic mass is 16.4. The van der Waals surface area contributed by atoms with E-state index >= 15 is 0 Å². The number of ketones is 2. The van der Waals surface area contributed by atoms with Crippen LogP contribution in [0.2, 0.25) is 0 Å². The normalized spacial score (nSPS) is 30.7. The summed E-state index contributed by atoms with van der Waals surface area (Å²) in [7, 11) is 2.97. The zero-order valence-corrected chi connectivity index (χ0v) is 21.3. The molecule has 0 fully saturated rings. The molecule has 2 unspecified atom stereocenters. The van der Waals surface area contributed by atoms with Crippen molar-refractivity contribution in [3.63, 3.8) is 0 Å². The van der Waals surface area contributed by atoms with Crippen LogP contribution in [0, 0.1) is 11.8 Å². The van der Waals surface area contributed by atoms with E-state index in [0.29, 0.717) is 16.7 Å². The second kappa shape index (κ2) is 9.39. The molecule has 7 N–H and O–H groups in total. The fraction of sp³-hybridized carbons (Fsp3) is 0.321. The zero-order valence-electron chi connectivity index (χ0n) is 21.3. The third kappa shape index (κ3) is 3.56. The highest BCUT2D eigenvalue weighted by Crippen LogP contribution is 2.55. The van der Waals surface area contributed by atoms with Crippen LogP contribution in [-0.4, -0.2) is 79.7 Å². The number of nitrogens with two attached hydrogens (primary N) is 1. The molecule has 10 heteroatoms. The van der Waals surface area contributed by atoms with Gasteiger partial charge in [0.1, 0.15) is 22.8 Å². The van der Waals surface area contributed by atoms with Crippen LogP contribution in [0.25, 0.3) is 5.57 Å². The molecule has 3 aliphatic carbocycles. The van der Waals surface area contributed by atoms with E-state index in [1.807, 2.05) is 0 Å². The molecule has 5 atom stereocenters. The van der Waals surface area contributed by atoms with Gasteiger partial charge in [0.15, 0.2) is 11.4 Å². The third-order valence-electron chi connectivity index (χ3n) is 7.55. The van der Waals surface area contributed by atoms with E-state index in [2.05, 4.69) is 0 Å². The summed E-state index contributed by atoms with van der Waals surface area (Å²) in [5.41, 5.74) is 2.08. The number of phenolic OH excluding ortho intramolecular Hbond substituents is 1. The summed E-state index contributed by atoms with van der Waals surface area (Å²) in [6.07, 6.45) is 5.30. The molecule has 1 aromatic carbocycles. The standard InChI is InChI=1S/C28H30N2O8/c1-5-8-12(6-2)11-14-13-9-7-10-15(31)16(13)22(32)18-17(14)23(33)20-21(30(3)4)24(34)19(27(29)37)26(36)28(20,38)25(18)35/h5-11,17,20-21,23,31,33-35,38H,1-4H3,(H2,29,37)/b8-5-,12-6+,14-11+/t17?,20?,21-,23-,28-/m0/s1. The predicted molar refractivity (Wildman–Crippen MR) is 138 cm³/mol. The Bertz CT molecular complexity index is 1410. The molecule has 38 heavy (non-hydrogen) atoms. The van der Waals surface area contributed by atoms with Gasteiger partial charge in [-0.05, 0) is 50.7 Å². The largest absolute Gasteiger partial charge is 0.510 e. The molecule has 0 saturated carbocycles. The Labute approximate surface area is 219 Å². The minimum absolute atomic E-state index is 0.178. The number of allylic oxidation sites excluding steroid dienone is 5. The van der Waals surface area contributed by atoms with Crippen LogP contribution in [0.5, 0.6) is 5.75 Å². The monoisotopic (exact) mass is 522 g/mol. The molecule has 1 amide bonds. The lowest BCUT2D eigenvalue weighted by Gasteiger charge is -2.52. The maximum absolute atomic E-state index is 13.7. The number of benzene rings is 1. The first-order chi connectivity index (χ1) is 17.8. The van der Waals surface area contributed by atoms with Crippen molar-refractivity contribution < 1.29 is 39.9 Å². The highest BCUT2D eigenvalue weighted by molar-refractivity contribution is 6.25. The molecule has 200 valence electrons. The van der Waals surface area contributed by atoms with E-state index in [9.17, 15) is 39.9 Å². The van der Waals surface area contributed by atoms with Crippen LogP contribution < -0.4 is 5.73 Å². The Morgan fingerprint density at radius 2 is 1.79 bits per heavy atom. The fourth-order valence-electron chi connectivity index (χ4n) is 5.92. The highest BCUT2D eigenvalue weighted by Gasteiger charge is 2.67. The van der Waals surface area contributed by atoms with E-state index < -0.39 is 75.5 Å². The minimum atomic E-state index is -2.97. The van der Waals surface area contributed by atoms with Crippen LogP contribution in [0.15, 0.2) is 70.7 Å². The van der Waals surface area contributed by atoms with Crippen molar-refractivity contribution in [3.8, 4) is 5.75 Å². The van der Waals surface area contributed by atoms with Gasteiger partial charge < -0.3 is 31.3 Å². The lowest BCUT2D eigenvalue weighted by Crippen LogP contribution is -2.68. The van der Waals surface area contributed by atoms with Gasteiger partial charge >= 0.3 is 0 Å². The Kier molecular flexibility index (Phi) is 6.69. The lowest BCUT2D eigenvalue weighted by atomic mass is 9.56. The number of aliphatic hydroxyl groups is 4. The zero-order chi connectivity index (χ0) is 28.3. The van der Waals surface area contributed by atoms with Gasteiger partial charge in [0.05, 0.1) is 29.2 Å². The van der Waals surface area contributed by atoms with Gasteiger partial charge in [0.25, 0.3) is 5.91 Å². The Balaban J connectivity index is 2.13. The number of amides is 1. The van der Waals surface area contributed by atoms with E-state index in [0.717, 1.165) is 0 Å². The summed E-state index contributed by atoms with van der Waals surface area (Å²) in [4.78, 5) is 40.7. The molecule has 0 aromatic heterocycles. The number of Topliss-reactive ketones (excluding diaryl/α,β-unsaturated/α-hetero) is 2. The van der Waals surface area contributed by atoms with Crippen molar-refractivity contribution >= 4 is 23.0 Å². The Hall–Kier alpha value is -3.99.